The molecule has 0 unspecified atom stereocenters. The molecule has 1 N–H and O–H groups in total. The Morgan fingerprint density at radius 2 is 1.77 bits per heavy atom. The van der Waals surface area contributed by atoms with Crippen LogP contribution in [0.3, 0.4) is 0 Å². The molecule has 0 aromatic heterocycles. The van der Waals surface area contributed by atoms with Crippen LogP contribution >= 0.6 is 0 Å². The second-order valence-corrected chi connectivity index (χ2v) is 5.38. The summed E-state index contributed by atoms with van der Waals surface area (Å²) in [7, 11) is 1.58. The maximum Gasteiger partial charge on any atom is 0.255 e. The predicted molar refractivity (Wildman–Crippen MR) is 87.7 cm³/mol. The first-order valence-electron chi connectivity index (χ1n) is 7.27. The van der Waals surface area contributed by atoms with Crippen LogP contribution in [0, 0.1) is 5.92 Å². The van der Waals surface area contributed by atoms with Gasteiger partial charge in [0.25, 0.3) is 5.91 Å². The number of rotatable bonds is 6. The third-order valence-electron chi connectivity index (χ3n) is 3.06. The zero-order valence-electron chi connectivity index (χ0n) is 13.1. The third-order valence-corrected chi connectivity index (χ3v) is 3.06. The largest absolute Gasteiger partial charge is 0.495 e. The number of benzene rings is 2. The molecule has 0 spiro atoms. The smallest absolute Gasteiger partial charge is 0.255 e. The summed E-state index contributed by atoms with van der Waals surface area (Å²) >= 11 is 0. The molecule has 2 aromatic carbocycles. The van der Waals surface area contributed by atoms with Crippen LogP contribution in [0.5, 0.6) is 11.5 Å². The van der Waals surface area contributed by atoms with Gasteiger partial charge >= 0.3 is 0 Å². The number of hydrogen-bond acceptors (Lipinski definition) is 3. The van der Waals surface area contributed by atoms with Gasteiger partial charge in [-0.3, -0.25) is 4.79 Å². The Labute approximate surface area is 131 Å². The maximum atomic E-state index is 12.3. The SMILES string of the molecule is COc1ccccc1NC(=O)c1ccc(OCC(C)C)cc1. The van der Waals surface area contributed by atoms with E-state index in [9.17, 15) is 4.79 Å². The van der Waals surface area contributed by atoms with Crippen molar-refractivity contribution in [2.75, 3.05) is 19.0 Å². The molecule has 0 aliphatic heterocycles. The minimum absolute atomic E-state index is 0.181. The lowest BCUT2D eigenvalue weighted by Crippen LogP contribution is -2.12. The van der Waals surface area contributed by atoms with E-state index in [1.807, 2.05) is 12.1 Å². The molecule has 4 nitrogen and oxygen atoms in total. The first-order chi connectivity index (χ1) is 10.6. The fraction of sp³-hybridized carbons (Fsp3) is 0.278. The number of anilines is 1. The minimum Gasteiger partial charge on any atom is -0.495 e. The van der Waals surface area contributed by atoms with Crippen LogP contribution in [0.4, 0.5) is 5.69 Å². The van der Waals surface area contributed by atoms with Crippen molar-refractivity contribution in [3.63, 3.8) is 0 Å². The molecule has 0 aliphatic rings. The average Bonchev–Trinajstić information content (AvgIpc) is 2.54. The Hall–Kier alpha value is -2.49. The number of carbonyl (C=O) groups excluding carboxylic acids is 1. The topological polar surface area (TPSA) is 47.6 Å². The number of amides is 1. The van der Waals surface area contributed by atoms with Gasteiger partial charge in [-0.15, -0.1) is 0 Å². The summed E-state index contributed by atoms with van der Waals surface area (Å²) in [6.45, 7) is 4.84. The summed E-state index contributed by atoms with van der Waals surface area (Å²) in [6.07, 6.45) is 0. The number of carbonyl (C=O) groups is 1. The predicted octanol–water partition coefficient (Wildman–Crippen LogP) is 3.98. The van der Waals surface area contributed by atoms with Crippen molar-refractivity contribution < 1.29 is 14.3 Å². The van der Waals surface area contributed by atoms with Crippen molar-refractivity contribution in [2.45, 2.75) is 13.8 Å². The van der Waals surface area contributed by atoms with Crippen molar-refractivity contribution in [2.24, 2.45) is 5.92 Å². The molecule has 0 saturated carbocycles. The molecule has 22 heavy (non-hydrogen) atoms. The van der Waals surface area contributed by atoms with Crippen molar-refractivity contribution in [3.05, 3.63) is 54.1 Å². The van der Waals surface area contributed by atoms with Gasteiger partial charge in [0.15, 0.2) is 0 Å². The summed E-state index contributed by atoms with van der Waals surface area (Å²) in [5.41, 5.74) is 1.22. The Kier molecular flexibility index (Phi) is 5.42. The third kappa shape index (κ3) is 4.25. The van der Waals surface area contributed by atoms with Gasteiger partial charge in [0, 0.05) is 5.56 Å². The molecule has 0 saturated heterocycles. The second-order valence-electron chi connectivity index (χ2n) is 5.38. The Balaban J connectivity index is 2.03. The quantitative estimate of drug-likeness (QED) is 0.877. The summed E-state index contributed by atoms with van der Waals surface area (Å²) in [5, 5.41) is 2.84. The van der Waals surface area contributed by atoms with Gasteiger partial charge in [-0.05, 0) is 42.3 Å². The number of nitrogens with one attached hydrogen (secondary N) is 1. The van der Waals surface area contributed by atoms with Crippen LogP contribution in [-0.4, -0.2) is 19.6 Å². The van der Waals surface area contributed by atoms with E-state index in [2.05, 4.69) is 19.2 Å². The molecule has 116 valence electrons. The van der Waals surface area contributed by atoms with Gasteiger partial charge in [-0.2, -0.15) is 0 Å². The zero-order valence-corrected chi connectivity index (χ0v) is 13.1. The fourth-order valence-electron chi connectivity index (χ4n) is 1.91. The van der Waals surface area contributed by atoms with E-state index in [-0.39, 0.29) is 5.91 Å². The van der Waals surface area contributed by atoms with E-state index in [1.54, 1.807) is 43.5 Å². The van der Waals surface area contributed by atoms with Gasteiger partial charge in [0.05, 0.1) is 19.4 Å². The molecular formula is C18H21NO3. The molecule has 0 radical (unpaired) electrons. The van der Waals surface area contributed by atoms with Crippen LogP contribution in [0.2, 0.25) is 0 Å². The molecule has 2 rings (SSSR count). The normalized spacial score (nSPS) is 10.4. The van der Waals surface area contributed by atoms with Gasteiger partial charge in [-0.1, -0.05) is 26.0 Å². The van der Waals surface area contributed by atoms with Gasteiger partial charge in [0.1, 0.15) is 11.5 Å². The van der Waals surface area contributed by atoms with Crippen molar-refractivity contribution in [1.29, 1.82) is 0 Å². The standard InChI is InChI=1S/C18H21NO3/c1-13(2)12-22-15-10-8-14(9-11-15)18(20)19-16-6-4-5-7-17(16)21-3/h4-11,13H,12H2,1-3H3,(H,19,20). The Bertz CT molecular complexity index is 620. The highest BCUT2D eigenvalue weighted by Crippen LogP contribution is 2.24. The van der Waals surface area contributed by atoms with Gasteiger partial charge in [0.2, 0.25) is 0 Å². The number of methoxy groups -OCH3 is 1. The van der Waals surface area contributed by atoms with E-state index in [4.69, 9.17) is 9.47 Å². The second kappa shape index (κ2) is 7.50. The van der Waals surface area contributed by atoms with Crippen LogP contribution in [0.25, 0.3) is 0 Å². The lowest BCUT2D eigenvalue weighted by molar-refractivity contribution is 0.102. The summed E-state index contributed by atoms with van der Waals surface area (Å²) in [4.78, 5) is 12.3. The number of hydrogen-bond donors (Lipinski definition) is 1. The van der Waals surface area contributed by atoms with E-state index in [0.717, 1.165) is 5.75 Å². The zero-order chi connectivity index (χ0) is 15.9. The highest BCUT2D eigenvalue weighted by molar-refractivity contribution is 6.05. The Morgan fingerprint density at radius 1 is 1.09 bits per heavy atom. The highest BCUT2D eigenvalue weighted by Gasteiger charge is 2.09. The van der Waals surface area contributed by atoms with E-state index in [0.29, 0.717) is 29.5 Å². The molecule has 0 heterocycles. The fourth-order valence-corrected chi connectivity index (χ4v) is 1.91. The molecule has 0 fully saturated rings. The molecule has 4 heteroatoms. The number of para-hydroxylation sites is 2. The molecule has 0 bridgehead atoms. The highest BCUT2D eigenvalue weighted by atomic mass is 16.5. The van der Waals surface area contributed by atoms with Crippen molar-refractivity contribution >= 4 is 11.6 Å². The van der Waals surface area contributed by atoms with Crippen LogP contribution < -0.4 is 14.8 Å². The minimum atomic E-state index is -0.181. The summed E-state index contributed by atoms with van der Waals surface area (Å²) in [5.74, 6) is 1.68. The van der Waals surface area contributed by atoms with Crippen LogP contribution in [0.1, 0.15) is 24.2 Å². The molecule has 1 amide bonds. The summed E-state index contributed by atoms with van der Waals surface area (Å²) in [6, 6.07) is 14.4. The monoisotopic (exact) mass is 299 g/mol. The lowest BCUT2D eigenvalue weighted by atomic mass is 10.2. The van der Waals surface area contributed by atoms with Crippen molar-refractivity contribution in [3.8, 4) is 11.5 Å². The van der Waals surface area contributed by atoms with Crippen LogP contribution in [0.15, 0.2) is 48.5 Å². The molecule has 0 aliphatic carbocycles. The van der Waals surface area contributed by atoms with Crippen molar-refractivity contribution in [1.82, 2.24) is 0 Å². The molecule has 2 aromatic rings. The molecule has 0 atom stereocenters. The van der Waals surface area contributed by atoms with Crippen LogP contribution in [-0.2, 0) is 0 Å². The van der Waals surface area contributed by atoms with E-state index < -0.39 is 0 Å². The first kappa shape index (κ1) is 15.9. The average molecular weight is 299 g/mol. The molecular weight excluding hydrogens is 278 g/mol. The van der Waals surface area contributed by atoms with Gasteiger partial charge in [-0.25, -0.2) is 0 Å². The van der Waals surface area contributed by atoms with Gasteiger partial charge < -0.3 is 14.8 Å². The number of ether oxygens (including phenoxy) is 2. The van der Waals surface area contributed by atoms with E-state index >= 15 is 0 Å². The lowest BCUT2D eigenvalue weighted by Gasteiger charge is -2.11. The first-order valence-corrected chi connectivity index (χ1v) is 7.27. The van der Waals surface area contributed by atoms with E-state index in [1.165, 1.54) is 0 Å². The summed E-state index contributed by atoms with van der Waals surface area (Å²) < 4.78 is 10.8. The maximum absolute atomic E-state index is 12.3. The Morgan fingerprint density at radius 3 is 2.41 bits per heavy atom.